The van der Waals surface area contributed by atoms with Crippen molar-refractivity contribution >= 4 is 5.91 Å². The van der Waals surface area contributed by atoms with Crippen LogP contribution in [0.3, 0.4) is 0 Å². The van der Waals surface area contributed by atoms with Crippen LogP contribution in [-0.4, -0.2) is 37.3 Å². The molecule has 0 N–H and O–H groups in total. The molecule has 2 heterocycles. The fourth-order valence-electron chi connectivity index (χ4n) is 3.22. The number of carbonyl (C=O) groups excluding carboxylic acids is 1. The first-order chi connectivity index (χ1) is 12.2. The number of fused-ring (bicyclic) bond motifs is 1. The fourth-order valence-corrected chi connectivity index (χ4v) is 3.22. The lowest BCUT2D eigenvalue weighted by atomic mass is 9.98. The van der Waals surface area contributed by atoms with Crippen LogP contribution < -0.4 is 14.2 Å². The van der Waals surface area contributed by atoms with E-state index in [4.69, 9.17) is 14.2 Å². The van der Waals surface area contributed by atoms with Gasteiger partial charge in [0.2, 0.25) is 6.79 Å². The Morgan fingerprint density at radius 1 is 1.20 bits per heavy atom. The number of halogens is 1. The molecule has 6 heteroatoms. The summed E-state index contributed by atoms with van der Waals surface area (Å²) in [5, 5.41) is 0. The third-order valence-electron chi connectivity index (χ3n) is 4.60. The van der Waals surface area contributed by atoms with Crippen molar-refractivity contribution in [1.29, 1.82) is 0 Å². The molecular formula is C19H18FNO4. The van der Waals surface area contributed by atoms with Crippen molar-refractivity contribution in [1.82, 2.24) is 4.90 Å². The molecule has 2 aromatic carbocycles. The lowest BCUT2D eigenvalue weighted by Gasteiger charge is -2.17. The van der Waals surface area contributed by atoms with Crippen LogP contribution >= 0.6 is 0 Å². The van der Waals surface area contributed by atoms with Crippen molar-refractivity contribution in [3.05, 3.63) is 53.8 Å². The molecular weight excluding hydrogens is 325 g/mol. The minimum atomic E-state index is -0.463. The predicted molar refractivity (Wildman–Crippen MR) is 88.4 cm³/mol. The molecule has 25 heavy (non-hydrogen) atoms. The van der Waals surface area contributed by atoms with E-state index in [9.17, 15) is 9.18 Å². The summed E-state index contributed by atoms with van der Waals surface area (Å²) in [4.78, 5) is 14.1. The minimum Gasteiger partial charge on any atom is -0.481 e. The highest BCUT2D eigenvalue weighted by Gasteiger charge is 2.28. The number of benzene rings is 2. The van der Waals surface area contributed by atoms with Crippen LogP contribution in [0.25, 0.3) is 0 Å². The van der Waals surface area contributed by atoms with Crippen LogP contribution in [0.5, 0.6) is 17.2 Å². The molecule has 130 valence electrons. The Morgan fingerprint density at radius 3 is 2.92 bits per heavy atom. The largest absolute Gasteiger partial charge is 0.481 e. The molecule has 4 rings (SSSR count). The monoisotopic (exact) mass is 343 g/mol. The van der Waals surface area contributed by atoms with Crippen molar-refractivity contribution in [3.63, 3.8) is 0 Å². The Morgan fingerprint density at radius 2 is 2.04 bits per heavy atom. The van der Waals surface area contributed by atoms with Crippen molar-refractivity contribution in [3.8, 4) is 17.2 Å². The standard InChI is InChI=1S/C19H18FNO4/c20-15-3-1-2-4-16(15)23-11-19(22)21-8-7-14(10-21)13-5-6-17-18(9-13)25-12-24-17/h1-6,9,14H,7-8,10-12H2. The number of carbonyl (C=O) groups is 1. The maximum Gasteiger partial charge on any atom is 0.260 e. The van der Waals surface area contributed by atoms with Gasteiger partial charge in [0, 0.05) is 19.0 Å². The van der Waals surface area contributed by atoms with Crippen LogP contribution in [0.4, 0.5) is 4.39 Å². The zero-order valence-electron chi connectivity index (χ0n) is 13.6. The second-order valence-corrected chi connectivity index (χ2v) is 6.16. The van der Waals surface area contributed by atoms with E-state index in [-0.39, 0.29) is 31.0 Å². The fraction of sp³-hybridized carbons (Fsp3) is 0.316. The van der Waals surface area contributed by atoms with Gasteiger partial charge in [0.05, 0.1) is 0 Å². The predicted octanol–water partition coefficient (Wildman–Crippen LogP) is 2.95. The summed E-state index contributed by atoms with van der Waals surface area (Å²) < 4.78 is 29.6. The lowest BCUT2D eigenvalue weighted by molar-refractivity contribution is -0.132. The van der Waals surface area contributed by atoms with Gasteiger partial charge in [-0.3, -0.25) is 4.79 Å². The van der Waals surface area contributed by atoms with E-state index < -0.39 is 5.82 Å². The number of hydrogen-bond donors (Lipinski definition) is 0. The molecule has 1 saturated heterocycles. The highest BCUT2D eigenvalue weighted by Crippen LogP contribution is 2.37. The summed E-state index contributed by atoms with van der Waals surface area (Å²) in [7, 11) is 0. The number of likely N-dealkylation sites (tertiary alicyclic amines) is 1. The zero-order valence-corrected chi connectivity index (χ0v) is 13.6. The molecule has 5 nitrogen and oxygen atoms in total. The second kappa shape index (κ2) is 6.63. The number of nitrogens with zero attached hydrogens (tertiary/aromatic N) is 1. The number of hydrogen-bond acceptors (Lipinski definition) is 4. The zero-order chi connectivity index (χ0) is 17.2. The SMILES string of the molecule is O=C(COc1ccccc1F)N1CCC(c2ccc3c(c2)OCO3)C1. The van der Waals surface area contributed by atoms with E-state index in [0.717, 1.165) is 23.5 Å². The van der Waals surface area contributed by atoms with E-state index in [0.29, 0.717) is 13.1 Å². The van der Waals surface area contributed by atoms with E-state index in [2.05, 4.69) is 0 Å². The van der Waals surface area contributed by atoms with Crippen LogP contribution in [-0.2, 0) is 4.79 Å². The second-order valence-electron chi connectivity index (χ2n) is 6.16. The molecule has 0 radical (unpaired) electrons. The summed E-state index contributed by atoms with van der Waals surface area (Å²) in [6, 6.07) is 12.0. The van der Waals surface area contributed by atoms with E-state index in [1.807, 2.05) is 18.2 Å². The van der Waals surface area contributed by atoms with Gasteiger partial charge >= 0.3 is 0 Å². The maximum atomic E-state index is 13.5. The summed E-state index contributed by atoms with van der Waals surface area (Å²) in [5.41, 5.74) is 1.13. The first-order valence-corrected chi connectivity index (χ1v) is 8.25. The summed E-state index contributed by atoms with van der Waals surface area (Å²) in [6.07, 6.45) is 0.880. The van der Waals surface area contributed by atoms with Crippen LogP contribution in [0.2, 0.25) is 0 Å². The maximum absolute atomic E-state index is 13.5. The molecule has 1 unspecified atom stereocenters. The highest BCUT2D eigenvalue weighted by molar-refractivity contribution is 5.78. The van der Waals surface area contributed by atoms with E-state index >= 15 is 0 Å². The minimum absolute atomic E-state index is 0.0994. The number of ether oxygens (including phenoxy) is 3. The van der Waals surface area contributed by atoms with Gasteiger partial charge < -0.3 is 19.1 Å². The summed E-state index contributed by atoms with van der Waals surface area (Å²) in [5.74, 6) is 1.27. The van der Waals surface area contributed by atoms with E-state index in [1.54, 1.807) is 17.0 Å². The Balaban J connectivity index is 1.35. The lowest BCUT2D eigenvalue weighted by Crippen LogP contribution is -2.33. The van der Waals surface area contributed by atoms with Gasteiger partial charge in [0.25, 0.3) is 5.91 Å². The third-order valence-corrected chi connectivity index (χ3v) is 4.60. The molecule has 0 bridgehead atoms. The van der Waals surface area contributed by atoms with Gasteiger partial charge in [0.15, 0.2) is 29.7 Å². The van der Waals surface area contributed by atoms with Crippen LogP contribution in [0.1, 0.15) is 17.9 Å². The van der Waals surface area contributed by atoms with Crippen molar-refractivity contribution < 1.29 is 23.4 Å². The average Bonchev–Trinajstić information content (AvgIpc) is 3.29. The Kier molecular flexibility index (Phi) is 4.17. The van der Waals surface area contributed by atoms with Gasteiger partial charge in [-0.1, -0.05) is 18.2 Å². The molecule has 0 spiro atoms. The Labute approximate surface area is 144 Å². The van der Waals surface area contributed by atoms with Crippen molar-refractivity contribution in [2.24, 2.45) is 0 Å². The molecule has 2 aromatic rings. The third kappa shape index (κ3) is 3.24. The summed E-state index contributed by atoms with van der Waals surface area (Å²) in [6.45, 7) is 1.38. The number of amides is 1. The molecule has 0 aliphatic carbocycles. The first kappa shape index (κ1) is 15.7. The summed E-state index contributed by atoms with van der Waals surface area (Å²) >= 11 is 0. The van der Waals surface area contributed by atoms with E-state index in [1.165, 1.54) is 12.1 Å². The highest BCUT2D eigenvalue weighted by atomic mass is 19.1. The van der Waals surface area contributed by atoms with Gasteiger partial charge in [0.1, 0.15) is 0 Å². The molecule has 1 fully saturated rings. The Hall–Kier alpha value is -2.76. The van der Waals surface area contributed by atoms with Crippen LogP contribution in [0.15, 0.2) is 42.5 Å². The van der Waals surface area contributed by atoms with Crippen molar-refractivity contribution in [2.75, 3.05) is 26.5 Å². The first-order valence-electron chi connectivity index (χ1n) is 8.25. The van der Waals surface area contributed by atoms with Gasteiger partial charge in [-0.05, 0) is 36.2 Å². The quantitative estimate of drug-likeness (QED) is 0.856. The van der Waals surface area contributed by atoms with Crippen LogP contribution in [0, 0.1) is 5.82 Å². The smallest absolute Gasteiger partial charge is 0.260 e. The normalized spacial score (nSPS) is 18.4. The molecule has 2 aliphatic rings. The Bertz CT molecular complexity index is 795. The number of rotatable bonds is 4. The molecule has 2 aliphatic heterocycles. The topological polar surface area (TPSA) is 48.0 Å². The van der Waals surface area contributed by atoms with Gasteiger partial charge in [-0.2, -0.15) is 0 Å². The van der Waals surface area contributed by atoms with Crippen molar-refractivity contribution in [2.45, 2.75) is 12.3 Å². The number of para-hydroxylation sites is 1. The molecule has 0 aromatic heterocycles. The molecule has 1 amide bonds. The average molecular weight is 343 g/mol. The van der Waals surface area contributed by atoms with Gasteiger partial charge in [-0.25, -0.2) is 4.39 Å². The van der Waals surface area contributed by atoms with Gasteiger partial charge in [-0.15, -0.1) is 0 Å². The molecule has 0 saturated carbocycles. The molecule has 1 atom stereocenters.